The van der Waals surface area contributed by atoms with Gasteiger partial charge in [0.2, 0.25) is 17.5 Å². The topological polar surface area (TPSA) is 154 Å². The maximum absolute atomic E-state index is 12.4. The Hall–Kier alpha value is -4.15. The number of aromatic nitrogens is 2. The summed E-state index contributed by atoms with van der Waals surface area (Å²) in [6.07, 6.45) is -3.56. The number of carboxylic acid groups (broad SMARTS) is 1. The summed E-state index contributed by atoms with van der Waals surface area (Å²) in [5, 5.41) is 21.5. The highest BCUT2D eigenvalue weighted by atomic mass is 35.5. The van der Waals surface area contributed by atoms with Gasteiger partial charge < -0.3 is 35.3 Å². The van der Waals surface area contributed by atoms with E-state index in [2.05, 4.69) is 39.6 Å². The van der Waals surface area contributed by atoms with E-state index in [0.717, 1.165) is 76.4 Å². The van der Waals surface area contributed by atoms with Gasteiger partial charge in [0.25, 0.3) is 0 Å². The normalized spacial score (nSPS) is 16.9. The number of likely N-dealkylation sites (N-methyl/N-ethyl adjacent to an activating group) is 1. The molecular weight excluding hydrogens is 633 g/mol. The van der Waals surface area contributed by atoms with Crippen LogP contribution in [0.3, 0.4) is 0 Å². The largest absolute Gasteiger partial charge is 0.490 e. The summed E-state index contributed by atoms with van der Waals surface area (Å²) in [6, 6.07) is 5.39. The Labute approximate surface area is 268 Å². The lowest BCUT2D eigenvalue weighted by atomic mass is 10.0. The maximum atomic E-state index is 12.4. The van der Waals surface area contributed by atoms with Crippen molar-refractivity contribution < 1.29 is 37.5 Å². The van der Waals surface area contributed by atoms with Crippen molar-refractivity contribution in [2.75, 3.05) is 77.3 Å². The Morgan fingerprint density at radius 3 is 2.15 bits per heavy atom. The van der Waals surface area contributed by atoms with E-state index in [4.69, 9.17) is 21.5 Å². The molecule has 3 aliphatic heterocycles. The van der Waals surface area contributed by atoms with E-state index in [1.165, 1.54) is 6.08 Å². The Morgan fingerprint density at radius 2 is 1.61 bits per heavy atom. The number of nitrogens with one attached hydrogen (secondary N) is 3. The van der Waals surface area contributed by atoms with Crippen LogP contribution in [0.15, 0.2) is 41.4 Å². The highest BCUT2D eigenvalue weighted by molar-refractivity contribution is 6.31. The lowest BCUT2D eigenvalue weighted by Crippen LogP contribution is -2.35. The number of carbonyl (C=O) groups is 4. The number of fused-ring (bicyclic) bond motifs is 1. The zero-order valence-corrected chi connectivity index (χ0v) is 26.2. The van der Waals surface area contributed by atoms with Gasteiger partial charge in [-0.3, -0.25) is 19.5 Å². The average molecular weight is 669 g/mol. The van der Waals surface area contributed by atoms with Gasteiger partial charge in [-0.15, -0.1) is 0 Å². The highest BCUT2D eigenvalue weighted by Crippen LogP contribution is 2.34. The second-order valence-corrected chi connectivity index (χ2v) is 11.1. The molecular formula is C29H36ClF3N8O5. The molecule has 0 spiro atoms. The van der Waals surface area contributed by atoms with Crippen molar-refractivity contribution in [3.05, 3.63) is 46.4 Å². The molecule has 4 N–H and O–H groups in total. The number of alkyl halides is 3. The number of carboxylic acids is 1. The standard InChI is InChI=1S/C15H22ClN5O.C12H13N3O2.C2HF3O2/c1-3-21(4-2)8-7-17-10-14(22)18-15-12-6-5-11(16)9-13(12)19-20-15;16-9-7-8(13-1-2-13)12(17)11(15-5-6-15)10(9)14-3-4-14;3-2(4,5)1(6)7/h5-6,9,17H,3-4,7-8,10H2,1-2H3,(H2,18,19,20,22);7H,1-6H2;(H,6,7). The van der Waals surface area contributed by atoms with Crippen LogP contribution in [-0.2, 0) is 19.2 Å². The molecule has 46 heavy (non-hydrogen) atoms. The summed E-state index contributed by atoms with van der Waals surface area (Å²) in [4.78, 5) is 53.6. The number of rotatable bonds is 11. The van der Waals surface area contributed by atoms with Crippen molar-refractivity contribution in [3.63, 3.8) is 0 Å². The van der Waals surface area contributed by atoms with Gasteiger partial charge in [-0.1, -0.05) is 25.4 Å². The second-order valence-electron chi connectivity index (χ2n) is 10.7. The summed E-state index contributed by atoms with van der Waals surface area (Å²) in [6.45, 7) is 13.7. The maximum Gasteiger partial charge on any atom is 0.490 e. The minimum atomic E-state index is -5.08. The molecule has 250 valence electrons. The van der Waals surface area contributed by atoms with Crippen LogP contribution in [0.4, 0.5) is 19.0 Å². The van der Waals surface area contributed by atoms with Crippen LogP contribution in [0, 0.1) is 0 Å². The smallest absolute Gasteiger partial charge is 0.475 e. The highest BCUT2D eigenvalue weighted by Gasteiger charge is 2.43. The van der Waals surface area contributed by atoms with E-state index in [9.17, 15) is 27.6 Å². The predicted octanol–water partition coefficient (Wildman–Crippen LogP) is 1.90. The first-order valence-corrected chi connectivity index (χ1v) is 15.2. The number of amides is 1. The van der Waals surface area contributed by atoms with Crippen LogP contribution in [0.25, 0.3) is 10.9 Å². The van der Waals surface area contributed by atoms with Crippen LogP contribution in [0.2, 0.25) is 5.02 Å². The van der Waals surface area contributed by atoms with Crippen molar-refractivity contribution in [3.8, 4) is 0 Å². The first kappa shape index (κ1) is 34.7. The molecule has 13 nitrogen and oxygen atoms in total. The van der Waals surface area contributed by atoms with Gasteiger partial charge in [-0.05, 0) is 31.3 Å². The molecule has 3 fully saturated rings. The zero-order valence-electron chi connectivity index (χ0n) is 25.4. The molecule has 0 atom stereocenters. The van der Waals surface area contributed by atoms with Crippen molar-refractivity contribution in [1.82, 2.24) is 35.1 Å². The molecule has 4 heterocycles. The average Bonchev–Trinajstić information content (AvgIpc) is 3.84. The van der Waals surface area contributed by atoms with Gasteiger partial charge in [-0.2, -0.15) is 18.3 Å². The number of aliphatic carboxylic acids is 1. The van der Waals surface area contributed by atoms with Crippen LogP contribution in [-0.4, -0.2) is 137 Å². The summed E-state index contributed by atoms with van der Waals surface area (Å²) in [7, 11) is 0. The Bertz CT molecular complexity index is 1530. The Kier molecular flexibility index (Phi) is 11.3. The van der Waals surface area contributed by atoms with Gasteiger partial charge in [0.15, 0.2) is 5.82 Å². The number of benzene rings is 1. The molecule has 6 rings (SSSR count). The number of Topliss-reactive ketones (excluding diaryl/α,β-unsaturated/α-hetero) is 1. The van der Waals surface area contributed by atoms with Crippen LogP contribution in [0.1, 0.15) is 13.8 Å². The number of halogens is 4. The fourth-order valence-corrected chi connectivity index (χ4v) is 4.69. The minimum Gasteiger partial charge on any atom is -0.475 e. The molecule has 4 aliphatic rings. The summed E-state index contributed by atoms with van der Waals surface area (Å²) in [5.74, 6) is -2.29. The van der Waals surface area contributed by atoms with Crippen LogP contribution in [0.5, 0.6) is 0 Å². The Morgan fingerprint density at radius 1 is 1.02 bits per heavy atom. The van der Waals surface area contributed by atoms with Gasteiger partial charge in [0.1, 0.15) is 11.4 Å². The number of hydrogen-bond donors (Lipinski definition) is 4. The number of H-pyrrole nitrogens is 1. The Balaban J connectivity index is 0.000000177. The molecule has 0 bridgehead atoms. The molecule has 1 aromatic carbocycles. The number of carbonyl (C=O) groups excluding carboxylic acids is 3. The molecule has 17 heteroatoms. The van der Waals surface area contributed by atoms with E-state index in [1.54, 1.807) is 12.1 Å². The van der Waals surface area contributed by atoms with Crippen LogP contribution >= 0.6 is 11.6 Å². The summed E-state index contributed by atoms with van der Waals surface area (Å²) >= 11 is 5.92. The molecule has 3 saturated heterocycles. The molecule has 1 amide bonds. The van der Waals surface area contributed by atoms with E-state index < -0.39 is 12.1 Å². The fraction of sp³-hybridized carbons (Fsp3) is 0.483. The lowest BCUT2D eigenvalue weighted by molar-refractivity contribution is -0.192. The van der Waals surface area contributed by atoms with Crippen molar-refractivity contribution in [2.24, 2.45) is 0 Å². The van der Waals surface area contributed by atoms with Crippen molar-refractivity contribution in [1.29, 1.82) is 0 Å². The summed E-state index contributed by atoms with van der Waals surface area (Å²) < 4.78 is 31.7. The van der Waals surface area contributed by atoms with Gasteiger partial charge >= 0.3 is 12.1 Å². The molecule has 1 aromatic heterocycles. The molecule has 1 aliphatic carbocycles. The number of hydrogen-bond acceptors (Lipinski definition) is 10. The number of nitrogens with zero attached hydrogens (tertiary/aromatic N) is 5. The summed E-state index contributed by atoms with van der Waals surface area (Å²) in [5.41, 5.74) is 2.69. The monoisotopic (exact) mass is 668 g/mol. The SMILES string of the molecule is CCN(CC)CCNCC(=O)Nc1n[nH]c2cc(Cl)ccc12.O=C(O)C(F)(F)F.O=C1C=C(N2CC2)C(=O)C(N2CC2)=C1N1CC1. The number of allylic oxidation sites excluding steroid dienone is 1. The quantitative estimate of drug-likeness (QED) is 0.158. The number of ketones is 2. The van der Waals surface area contributed by atoms with Gasteiger partial charge in [0.05, 0.1) is 17.8 Å². The third kappa shape index (κ3) is 9.43. The molecule has 0 unspecified atom stereocenters. The molecule has 0 saturated carbocycles. The zero-order chi connectivity index (χ0) is 33.6. The molecule has 0 radical (unpaired) electrons. The van der Waals surface area contributed by atoms with E-state index >= 15 is 0 Å². The van der Waals surface area contributed by atoms with Crippen molar-refractivity contribution >= 4 is 51.8 Å². The van der Waals surface area contributed by atoms with Gasteiger partial charge in [-0.25, -0.2) is 4.79 Å². The first-order valence-electron chi connectivity index (χ1n) is 14.8. The van der Waals surface area contributed by atoms with Gasteiger partial charge in [0, 0.05) is 68.8 Å². The predicted molar refractivity (Wildman–Crippen MR) is 164 cm³/mol. The van der Waals surface area contributed by atoms with E-state index in [0.29, 0.717) is 27.9 Å². The van der Waals surface area contributed by atoms with E-state index in [1.807, 2.05) is 20.8 Å². The van der Waals surface area contributed by atoms with Crippen molar-refractivity contribution in [2.45, 2.75) is 20.0 Å². The lowest BCUT2D eigenvalue weighted by Gasteiger charge is -2.21. The first-order chi connectivity index (χ1) is 21.8. The minimum absolute atomic E-state index is 0.00546. The van der Waals surface area contributed by atoms with Crippen LogP contribution < -0.4 is 10.6 Å². The third-order valence-corrected chi connectivity index (χ3v) is 7.53. The third-order valence-electron chi connectivity index (χ3n) is 7.30. The number of anilines is 1. The molecule has 2 aromatic rings. The second kappa shape index (κ2) is 15.0. The fourth-order valence-electron chi connectivity index (χ4n) is 4.52. The van der Waals surface area contributed by atoms with E-state index in [-0.39, 0.29) is 24.0 Å². The number of aromatic amines is 1.